The lowest BCUT2D eigenvalue weighted by molar-refractivity contribution is -0.146. The molecule has 1 N–H and O–H groups in total. The maximum absolute atomic E-state index is 13.4. The Balaban J connectivity index is 1.90. The lowest BCUT2D eigenvalue weighted by Gasteiger charge is -2.26. The minimum atomic E-state index is -5.04. The fourth-order valence-electron chi connectivity index (χ4n) is 4.41. The van der Waals surface area contributed by atoms with Gasteiger partial charge in [0.25, 0.3) is 0 Å². The molecule has 11 heteroatoms. The highest BCUT2D eigenvalue weighted by molar-refractivity contribution is 5.84. The Labute approximate surface area is 196 Å². The van der Waals surface area contributed by atoms with Crippen LogP contribution in [0.4, 0.5) is 30.7 Å². The zero-order valence-corrected chi connectivity index (χ0v) is 18.6. The van der Waals surface area contributed by atoms with E-state index in [1.165, 1.54) is 38.3 Å². The third kappa shape index (κ3) is 5.94. The quantitative estimate of drug-likeness (QED) is 0.412. The summed E-state index contributed by atoms with van der Waals surface area (Å²) in [6.45, 7) is 1.20. The molecule has 0 aromatic heterocycles. The number of esters is 1. The first-order valence-corrected chi connectivity index (χ1v) is 10.7. The van der Waals surface area contributed by atoms with Crippen LogP contribution in [0, 0.1) is 11.7 Å². The third-order valence-corrected chi connectivity index (χ3v) is 6.25. The SMILES string of the molecule is COC(=O)[C@H]1CC[C@H](NC(=O)[C@@H](C)c2cc(C(F)(F)F)cc(C(F)(F)F)c2)[C@@H]1c1ccc(F)cc1. The Morgan fingerprint density at radius 2 is 1.49 bits per heavy atom. The van der Waals surface area contributed by atoms with E-state index in [0.29, 0.717) is 30.5 Å². The van der Waals surface area contributed by atoms with Crippen molar-refractivity contribution in [2.24, 2.45) is 5.92 Å². The molecule has 1 saturated carbocycles. The molecule has 0 heterocycles. The molecule has 0 radical (unpaired) electrons. The lowest BCUT2D eigenvalue weighted by Crippen LogP contribution is -2.40. The standard InChI is InChI=1S/C24H22F7NO3/c1-12(14-9-15(23(26,27)28)11-16(10-14)24(29,30)31)21(33)32-19-8-7-18(22(34)35-2)20(19)13-3-5-17(25)6-4-13/h3-6,9-12,18-20H,7-8H2,1-2H3,(H,32,33)/t12-,18-,19-,20+/m0/s1. The predicted molar refractivity (Wildman–Crippen MR) is 111 cm³/mol. The van der Waals surface area contributed by atoms with E-state index in [0.717, 1.165) is 0 Å². The highest BCUT2D eigenvalue weighted by Gasteiger charge is 2.43. The molecule has 3 rings (SSSR count). The van der Waals surface area contributed by atoms with Gasteiger partial charge in [-0.25, -0.2) is 4.39 Å². The van der Waals surface area contributed by atoms with Crippen LogP contribution >= 0.6 is 0 Å². The molecule has 1 aliphatic carbocycles. The van der Waals surface area contributed by atoms with E-state index in [-0.39, 0.29) is 6.07 Å². The molecular weight excluding hydrogens is 483 g/mol. The molecule has 2 aromatic carbocycles. The number of amides is 1. The lowest BCUT2D eigenvalue weighted by atomic mass is 9.86. The number of hydrogen-bond acceptors (Lipinski definition) is 3. The summed E-state index contributed by atoms with van der Waals surface area (Å²) in [5.74, 6) is -4.51. The van der Waals surface area contributed by atoms with Gasteiger partial charge in [-0.3, -0.25) is 9.59 Å². The van der Waals surface area contributed by atoms with E-state index < -0.39 is 70.5 Å². The summed E-state index contributed by atoms with van der Waals surface area (Å²) in [6, 6.07) is 5.63. The van der Waals surface area contributed by atoms with Crippen LogP contribution in [0.25, 0.3) is 0 Å². The van der Waals surface area contributed by atoms with Gasteiger partial charge >= 0.3 is 18.3 Å². The number of methoxy groups -OCH3 is 1. The number of hydrogen-bond donors (Lipinski definition) is 1. The molecule has 0 bridgehead atoms. The first kappa shape index (κ1) is 26.5. The van der Waals surface area contributed by atoms with Crippen molar-refractivity contribution in [1.29, 1.82) is 0 Å². The summed E-state index contributed by atoms with van der Waals surface area (Å²) >= 11 is 0. The summed E-state index contributed by atoms with van der Waals surface area (Å²) in [6.07, 6.45) is -9.47. The maximum atomic E-state index is 13.4. The van der Waals surface area contributed by atoms with Crippen LogP contribution in [0.3, 0.4) is 0 Å². The number of alkyl halides is 6. The molecule has 190 valence electrons. The van der Waals surface area contributed by atoms with E-state index >= 15 is 0 Å². The van der Waals surface area contributed by atoms with Gasteiger partial charge in [0, 0.05) is 12.0 Å². The summed E-state index contributed by atoms with van der Waals surface area (Å²) < 4.78 is 97.5. The van der Waals surface area contributed by atoms with Crippen LogP contribution in [-0.2, 0) is 26.7 Å². The topological polar surface area (TPSA) is 55.4 Å². The number of carbonyl (C=O) groups excluding carboxylic acids is 2. The van der Waals surface area contributed by atoms with Gasteiger partial charge in [-0.15, -0.1) is 0 Å². The smallest absolute Gasteiger partial charge is 0.416 e. The summed E-state index contributed by atoms with van der Waals surface area (Å²) in [7, 11) is 1.20. The van der Waals surface area contributed by atoms with E-state index in [1.807, 2.05) is 0 Å². The van der Waals surface area contributed by atoms with Crippen molar-refractivity contribution in [3.05, 3.63) is 70.5 Å². The number of ether oxygens (including phenoxy) is 1. The van der Waals surface area contributed by atoms with Crippen molar-refractivity contribution in [1.82, 2.24) is 5.32 Å². The summed E-state index contributed by atoms with van der Waals surface area (Å²) in [5.41, 5.74) is -2.95. The highest BCUT2D eigenvalue weighted by atomic mass is 19.4. The molecule has 0 saturated heterocycles. The van der Waals surface area contributed by atoms with Crippen molar-refractivity contribution in [3.8, 4) is 0 Å². The fraction of sp³-hybridized carbons (Fsp3) is 0.417. The van der Waals surface area contributed by atoms with Gasteiger partial charge < -0.3 is 10.1 Å². The van der Waals surface area contributed by atoms with Crippen LogP contribution in [0.1, 0.15) is 53.9 Å². The average Bonchev–Trinajstić information content (AvgIpc) is 3.20. The van der Waals surface area contributed by atoms with Gasteiger partial charge in [-0.05, 0) is 61.2 Å². The second kappa shape index (κ2) is 9.87. The monoisotopic (exact) mass is 505 g/mol. The van der Waals surface area contributed by atoms with E-state index in [9.17, 15) is 40.3 Å². The van der Waals surface area contributed by atoms with Crippen molar-refractivity contribution < 1.29 is 45.1 Å². The molecule has 0 aliphatic heterocycles. The first-order valence-electron chi connectivity index (χ1n) is 10.7. The van der Waals surface area contributed by atoms with E-state index in [2.05, 4.69) is 5.32 Å². The van der Waals surface area contributed by atoms with Crippen LogP contribution in [0.5, 0.6) is 0 Å². The molecule has 0 spiro atoms. The average molecular weight is 505 g/mol. The number of halogens is 7. The van der Waals surface area contributed by atoms with Crippen LogP contribution in [0.2, 0.25) is 0 Å². The Hall–Kier alpha value is -3.11. The van der Waals surface area contributed by atoms with Crippen molar-refractivity contribution in [2.75, 3.05) is 7.11 Å². The minimum Gasteiger partial charge on any atom is -0.469 e. The van der Waals surface area contributed by atoms with Gasteiger partial charge in [0.05, 0.1) is 30.1 Å². The predicted octanol–water partition coefficient (Wildman–Crippen LogP) is 5.82. The maximum Gasteiger partial charge on any atom is 0.416 e. The normalized spacial score (nSPS) is 21.5. The molecule has 2 aromatic rings. The second-order valence-electron chi connectivity index (χ2n) is 8.46. The van der Waals surface area contributed by atoms with Crippen molar-refractivity contribution in [2.45, 2.75) is 50.0 Å². The summed E-state index contributed by atoms with van der Waals surface area (Å²) in [5, 5.41) is 2.66. The van der Waals surface area contributed by atoms with Gasteiger partial charge in [0.15, 0.2) is 0 Å². The molecule has 1 aliphatic rings. The van der Waals surface area contributed by atoms with Gasteiger partial charge in [-0.2, -0.15) is 26.3 Å². The molecule has 4 atom stereocenters. The minimum absolute atomic E-state index is 0.00336. The van der Waals surface area contributed by atoms with Crippen LogP contribution in [-0.4, -0.2) is 25.0 Å². The molecule has 1 amide bonds. The largest absolute Gasteiger partial charge is 0.469 e. The second-order valence-corrected chi connectivity index (χ2v) is 8.46. The Bertz CT molecular complexity index is 1050. The number of benzene rings is 2. The summed E-state index contributed by atoms with van der Waals surface area (Å²) in [4.78, 5) is 25.2. The Kier molecular flexibility index (Phi) is 7.47. The number of rotatable bonds is 5. The molecular formula is C24H22F7NO3. The van der Waals surface area contributed by atoms with Crippen LogP contribution < -0.4 is 5.32 Å². The zero-order valence-electron chi connectivity index (χ0n) is 18.6. The Morgan fingerprint density at radius 3 is 1.97 bits per heavy atom. The molecule has 0 unspecified atom stereocenters. The van der Waals surface area contributed by atoms with Crippen molar-refractivity contribution >= 4 is 11.9 Å². The number of carbonyl (C=O) groups is 2. The first-order chi connectivity index (χ1) is 16.2. The van der Waals surface area contributed by atoms with Crippen molar-refractivity contribution in [3.63, 3.8) is 0 Å². The van der Waals surface area contributed by atoms with E-state index in [1.54, 1.807) is 0 Å². The van der Waals surface area contributed by atoms with E-state index in [4.69, 9.17) is 4.74 Å². The highest BCUT2D eigenvalue weighted by Crippen LogP contribution is 2.42. The van der Waals surface area contributed by atoms with Gasteiger partial charge in [0.1, 0.15) is 5.82 Å². The van der Waals surface area contributed by atoms with Gasteiger partial charge in [-0.1, -0.05) is 12.1 Å². The Morgan fingerprint density at radius 1 is 0.943 bits per heavy atom. The fourth-order valence-corrected chi connectivity index (χ4v) is 4.41. The number of nitrogens with one attached hydrogen (secondary N) is 1. The molecule has 1 fully saturated rings. The van der Waals surface area contributed by atoms with Gasteiger partial charge in [0.2, 0.25) is 5.91 Å². The third-order valence-electron chi connectivity index (χ3n) is 6.25. The molecule has 35 heavy (non-hydrogen) atoms. The van der Waals surface area contributed by atoms with Crippen LogP contribution in [0.15, 0.2) is 42.5 Å². The zero-order chi connectivity index (χ0) is 26.1. The molecule has 4 nitrogen and oxygen atoms in total.